The van der Waals surface area contributed by atoms with Crippen LogP contribution in [0.4, 0.5) is 5.13 Å². The third-order valence-corrected chi connectivity index (χ3v) is 7.19. The molecule has 1 saturated heterocycles. The number of hydrogen-bond donors (Lipinski definition) is 1. The second-order valence-electron chi connectivity index (χ2n) is 6.65. The highest BCUT2D eigenvalue weighted by molar-refractivity contribution is 7.98. The third-order valence-electron chi connectivity index (χ3n) is 4.63. The van der Waals surface area contributed by atoms with Gasteiger partial charge >= 0.3 is 0 Å². The van der Waals surface area contributed by atoms with E-state index >= 15 is 0 Å². The summed E-state index contributed by atoms with van der Waals surface area (Å²) in [6.45, 7) is 2.59. The van der Waals surface area contributed by atoms with Crippen LogP contribution in [0.1, 0.15) is 33.9 Å². The summed E-state index contributed by atoms with van der Waals surface area (Å²) >= 11 is 4.72. The number of thiazole rings is 2. The van der Waals surface area contributed by atoms with Gasteiger partial charge in [-0.2, -0.15) is 0 Å². The van der Waals surface area contributed by atoms with E-state index in [1.807, 2.05) is 36.6 Å². The zero-order chi connectivity index (χ0) is 20.2. The number of carbonyl (C=O) groups is 2. The van der Waals surface area contributed by atoms with E-state index in [0.29, 0.717) is 23.7 Å². The second-order valence-corrected chi connectivity index (χ2v) is 9.66. The standard InChI is InChI=1S/C20H20N4O2S3/c1-13-22-15(11-28-13)12-29-16-6-4-14(5-7-16)19(26)24-9-2-3-17(24)18(25)23-20-21-8-10-27-20/h4-8,10-11,17H,2-3,9,12H2,1H3,(H,21,23,25). The number of benzene rings is 1. The van der Waals surface area contributed by atoms with E-state index in [1.165, 1.54) is 11.3 Å². The van der Waals surface area contributed by atoms with E-state index < -0.39 is 6.04 Å². The van der Waals surface area contributed by atoms with Crippen molar-refractivity contribution in [3.63, 3.8) is 0 Å². The van der Waals surface area contributed by atoms with Crippen LogP contribution in [0, 0.1) is 6.92 Å². The normalized spacial score (nSPS) is 16.2. The molecule has 0 saturated carbocycles. The molecule has 1 N–H and O–H groups in total. The Bertz CT molecular complexity index is 986. The number of hydrogen-bond acceptors (Lipinski definition) is 7. The summed E-state index contributed by atoms with van der Waals surface area (Å²) in [4.78, 5) is 36.9. The van der Waals surface area contributed by atoms with Crippen LogP contribution in [0.3, 0.4) is 0 Å². The van der Waals surface area contributed by atoms with Crippen molar-refractivity contribution in [3.05, 3.63) is 57.5 Å². The molecule has 0 radical (unpaired) electrons. The Morgan fingerprint density at radius 3 is 2.79 bits per heavy atom. The molecule has 0 bridgehead atoms. The summed E-state index contributed by atoms with van der Waals surface area (Å²) in [5.41, 5.74) is 1.68. The number of aryl methyl sites for hydroxylation is 1. The summed E-state index contributed by atoms with van der Waals surface area (Å²) < 4.78 is 0. The smallest absolute Gasteiger partial charge is 0.254 e. The van der Waals surface area contributed by atoms with Gasteiger partial charge in [0.15, 0.2) is 5.13 Å². The average Bonchev–Trinajstić information content (AvgIpc) is 3.48. The molecule has 150 valence electrons. The van der Waals surface area contributed by atoms with Crippen molar-refractivity contribution >= 4 is 51.4 Å². The summed E-state index contributed by atoms with van der Waals surface area (Å²) in [7, 11) is 0. The van der Waals surface area contributed by atoms with Gasteiger partial charge in [-0.05, 0) is 44.0 Å². The van der Waals surface area contributed by atoms with Crippen molar-refractivity contribution in [2.45, 2.75) is 36.5 Å². The lowest BCUT2D eigenvalue weighted by Gasteiger charge is -2.23. The van der Waals surface area contributed by atoms with Crippen molar-refractivity contribution in [1.29, 1.82) is 0 Å². The van der Waals surface area contributed by atoms with Gasteiger partial charge < -0.3 is 10.2 Å². The molecular formula is C20H20N4O2S3. The lowest BCUT2D eigenvalue weighted by molar-refractivity contribution is -0.119. The van der Waals surface area contributed by atoms with Crippen LogP contribution in [0.5, 0.6) is 0 Å². The van der Waals surface area contributed by atoms with Crippen LogP contribution in [0.15, 0.2) is 46.1 Å². The van der Waals surface area contributed by atoms with Gasteiger partial charge in [0.25, 0.3) is 5.91 Å². The van der Waals surface area contributed by atoms with Crippen LogP contribution in [-0.4, -0.2) is 39.3 Å². The van der Waals surface area contributed by atoms with E-state index in [4.69, 9.17) is 0 Å². The van der Waals surface area contributed by atoms with E-state index in [0.717, 1.165) is 27.8 Å². The fourth-order valence-electron chi connectivity index (χ4n) is 3.25. The molecule has 1 aliphatic rings. The molecule has 2 amide bonds. The van der Waals surface area contributed by atoms with Gasteiger partial charge in [0.1, 0.15) is 6.04 Å². The van der Waals surface area contributed by atoms with Crippen LogP contribution in [-0.2, 0) is 10.5 Å². The first-order chi connectivity index (χ1) is 14.1. The molecule has 1 atom stereocenters. The molecule has 1 aromatic carbocycles. The monoisotopic (exact) mass is 444 g/mol. The van der Waals surface area contributed by atoms with E-state index in [1.54, 1.807) is 34.2 Å². The number of thioether (sulfide) groups is 1. The van der Waals surface area contributed by atoms with Gasteiger partial charge in [0.2, 0.25) is 5.91 Å². The highest BCUT2D eigenvalue weighted by atomic mass is 32.2. The zero-order valence-corrected chi connectivity index (χ0v) is 18.3. The molecule has 9 heteroatoms. The molecule has 3 aromatic rings. The number of aromatic nitrogens is 2. The minimum Gasteiger partial charge on any atom is -0.327 e. The first-order valence-corrected chi connectivity index (χ1v) is 12.0. The Hall–Kier alpha value is -2.23. The number of rotatable bonds is 6. The van der Waals surface area contributed by atoms with E-state index in [9.17, 15) is 9.59 Å². The van der Waals surface area contributed by atoms with Crippen LogP contribution in [0.2, 0.25) is 0 Å². The zero-order valence-electron chi connectivity index (χ0n) is 15.8. The number of carbonyl (C=O) groups excluding carboxylic acids is 2. The fraction of sp³-hybridized carbons (Fsp3) is 0.300. The Morgan fingerprint density at radius 1 is 1.28 bits per heavy atom. The van der Waals surface area contributed by atoms with Crippen molar-refractivity contribution < 1.29 is 9.59 Å². The predicted molar refractivity (Wildman–Crippen MR) is 118 cm³/mol. The lowest BCUT2D eigenvalue weighted by atomic mass is 10.1. The number of nitrogens with zero attached hydrogens (tertiary/aromatic N) is 3. The highest BCUT2D eigenvalue weighted by Gasteiger charge is 2.34. The van der Waals surface area contributed by atoms with Crippen molar-refractivity contribution in [2.24, 2.45) is 0 Å². The molecule has 1 fully saturated rings. The SMILES string of the molecule is Cc1nc(CSc2ccc(C(=O)N3CCCC3C(=O)Nc3nccs3)cc2)cs1. The first kappa shape index (κ1) is 20.1. The van der Waals surface area contributed by atoms with E-state index in [-0.39, 0.29) is 11.8 Å². The number of likely N-dealkylation sites (tertiary alicyclic amines) is 1. The van der Waals surface area contributed by atoms with Gasteiger partial charge in [-0.25, -0.2) is 9.97 Å². The predicted octanol–water partition coefficient (Wildman–Crippen LogP) is 4.44. The van der Waals surface area contributed by atoms with Gasteiger partial charge in [0, 0.05) is 39.7 Å². The van der Waals surface area contributed by atoms with Crippen molar-refractivity contribution in [3.8, 4) is 0 Å². The Kier molecular flexibility index (Phi) is 6.27. The molecule has 1 unspecified atom stereocenters. The van der Waals surface area contributed by atoms with Crippen molar-refractivity contribution in [1.82, 2.24) is 14.9 Å². The number of anilines is 1. The third kappa shape index (κ3) is 4.85. The minimum absolute atomic E-state index is 0.103. The van der Waals surface area contributed by atoms with E-state index in [2.05, 4.69) is 20.7 Å². The molecule has 0 spiro atoms. The lowest BCUT2D eigenvalue weighted by Crippen LogP contribution is -2.43. The van der Waals surface area contributed by atoms with Crippen LogP contribution in [0.25, 0.3) is 0 Å². The van der Waals surface area contributed by atoms with Crippen LogP contribution < -0.4 is 5.32 Å². The van der Waals surface area contributed by atoms with Gasteiger partial charge in [-0.3, -0.25) is 9.59 Å². The van der Waals surface area contributed by atoms with Crippen molar-refractivity contribution in [2.75, 3.05) is 11.9 Å². The molecule has 2 aromatic heterocycles. The number of amides is 2. The van der Waals surface area contributed by atoms with Gasteiger partial charge in [-0.1, -0.05) is 0 Å². The molecule has 29 heavy (non-hydrogen) atoms. The first-order valence-electron chi connectivity index (χ1n) is 9.25. The molecule has 1 aliphatic heterocycles. The summed E-state index contributed by atoms with van der Waals surface area (Å²) in [5, 5.41) is 8.32. The maximum absolute atomic E-state index is 13.0. The fourth-order valence-corrected chi connectivity index (χ4v) is 5.29. The molecular weight excluding hydrogens is 424 g/mol. The maximum atomic E-state index is 13.0. The quantitative estimate of drug-likeness (QED) is 0.569. The Labute approximate surface area is 181 Å². The number of nitrogens with one attached hydrogen (secondary N) is 1. The summed E-state index contributed by atoms with van der Waals surface area (Å²) in [5.74, 6) is 0.535. The average molecular weight is 445 g/mol. The summed E-state index contributed by atoms with van der Waals surface area (Å²) in [6.07, 6.45) is 3.14. The molecule has 6 nitrogen and oxygen atoms in total. The van der Waals surface area contributed by atoms with Gasteiger partial charge in [-0.15, -0.1) is 34.4 Å². The second kappa shape index (κ2) is 9.06. The molecule has 0 aliphatic carbocycles. The highest BCUT2D eigenvalue weighted by Crippen LogP contribution is 2.26. The minimum atomic E-state index is -0.451. The summed E-state index contributed by atoms with van der Waals surface area (Å²) in [6, 6.07) is 7.14. The largest absolute Gasteiger partial charge is 0.327 e. The Morgan fingerprint density at radius 2 is 2.10 bits per heavy atom. The van der Waals surface area contributed by atoms with Crippen LogP contribution >= 0.6 is 34.4 Å². The topological polar surface area (TPSA) is 75.2 Å². The maximum Gasteiger partial charge on any atom is 0.254 e. The molecule has 3 heterocycles. The Balaban J connectivity index is 1.38. The molecule has 4 rings (SSSR count). The van der Waals surface area contributed by atoms with Gasteiger partial charge in [0.05, 0.1) is 10.7 Å².